The number of halogens is 1. The molecule has 0 saturated carbocycles. The standard InChI is InChI=1S/C20H20FN3O4/c1-12-5-6-13(10-15(12)21)22-19(26)20(27)23-14-7-8-16(17(11-14)28-2)24-9-3-4-18(24)25/h5-8,10-11H,3-4,9H2,1-2H3,(H,22,26)(H,23,27). The minimum atomic E-state index is -0.930. The van der Waals surface area contributed by atoms with Crippen molar-refractivity contribution in [1.29, 1.82) is 0 Å². The Balaban J connectivity index is 1.70. The number of nitrogens with zero attached hydrogens (tertiary/aromatic N) is 1. The second-order valence-electron chi connectivity index (χ2n) is 6.41. The van der Waals surface area contributed by atoms with Crippen molar-refractivity contribution in [2.24, 2.45) is 0 Å². The zero-order chi connectivity index (χ0) is 20.3. The Bertz CT molecular complexity index is 945. The predicted octanol–water partition coefficient (Wildman–Crippen LogP) is 2.85. The van der Waals surface area contributed by atoms with Gasteiger partial charge in [-0.25, -0.2) is 4.39 Å². The van der Waals surface area contributed by atoms with Gasteiger partial charge in [0.1, 0.15) is 11.6 Å². The van der Waals surface area contributed by atoms with E-state index in [-0.39, 0.29) is 11.6 Å². The van der Waals surface area contributed by atoms with Crippen molar-refractivity contribution in [3.05, 3.63) is 47.8 Å². The lowest BCUT2D eigenvalue weighted by Crippen LogP contribution is -2.29. The molecule has 0 atom stereocenters. The van der Waals surface area contributed by atoms with Crippen molar-refractivity contribution in [3.8, 4) is 5.75 Å². The van der Waals surface area contributed by atoms with Crippen LogP contribution in [0.4, 0.5) is 21.5 Å². The van der Waals surface area contributed by atoms with Crippen LogP contribution < -0.4 is 20.3 Å². The van der Waals surface area contributed by atoms with Gasteiger partial charge in [-0.3, -0.25) is 14.4 Å². The highest BCUT2D eigenvalue weighted by Gasteiger charge is 2.25. The van der Waals surface area contributed by atoms with Crippen LogP contribution >= 0.6 is 0 Å². The number of hydrogen-bond donors (Lipinski definition) is 2. The summed E-state index contributed by atoms with van der Waals surface area (Å²) in [6.45, 7) is 2.21. The molecule has 2 N–H and O–H groups in total. The number of carbonyl (C=O) groups is 3. The number of hydrogen-bond acceptors (Lipinski definition) is 4. The maximum absolute atomic E-state index is 13.6. The van der Waals surface area contributed by atoms with Gasteiger partial charge in [0.25, 0.3) is 0 Å². The third-order valence-electron chi connectivity index (χ3n) is 4.44. The van der Waals surface area contributed by atoms with E-state index < -0.39 is 17.6 Å². The Morgan fingerprint density at radius 1 is 1.07 bits per heavy atom. The molecule has 0 unspecified atom stereocenters. The number of amides is 3. The van der Waals surface area contributed by atoms with E-state index in [0.717, 1.165) is 12.5 Å². The molecule has 0 bridgehead atoms. The number of carbonyl (C=O) groups excluding carboxylic acids is 3. The molecule has 3 rings (SSSR count). The van der Waals surface area contributed by atoms with Crippen LogP contribution in [0.5, 0.6) is 5.75 Å². The largest absolute Gasteiger partial charge is 0.494 e. The Kier molecular flexibility index (Phi) is 5.58. The highest BCUT2D eigenvalue weighted by molar-refractivity contribution is 6.43. The van der Waals surface area contributed by atoms with Gasteiger partial charge in [0, 0.05) is 30.4 Å². The molecule has 2 aromatic carbocycles. The molecule has 1 fully saturated rings. The fourth-order valence-electron chi connectivity index (χ4n) is 2.93. The molecule has 0 radical (unpaired) electrons. The fraction of sp³-hybridized carbons (Fsp3) is 0.250. The molecule has 0 spiro atoms. The van der Waals surface area contributed by atoms with Crippen molar-refractivity contribution < 1.29 is 23.5 Å². The predicted molar refractivity (Wildman–Crippen MR) is 103 cm³/mol. The number of benzene rings is 2. The smallest absolute Gasteiger partial charge is 0.314 e. The normalized spacial score (nSPS) is 13.4. The van der Waals surface area contributed by atoms with Gasteiger partial charge < -0.3 is 20.3 Å². The van der Waals surface area contributed by atoms with Gasteiger partial charge in [0.15, 0.2) is 0 Å². The Morgan fingerprint density at radius 3 is 2.29 bits per heavy atom. The van der Waals surface area contributed by atoms with Crippen LogP contribution in [0.25, 0.3) is 0 Å². The number of rotatable bonds is 4. The quantitative estimate of drug-likeness (QED) is 0.793. The maximum Gasteiger partial charge on any atom is 0.314 e. The van der Waals surface area contributed by atoms with E-state index >= 15 is 0 Å². The molecular weight excluding hydrogens is 365 g/mol. The minimum absolute atomic E-state index is 0.0137. The molecule has 28 heavy (non-hydrogen) atoms. The monoisotopic (exact) mass is 385 g/mol. The van der Waals surface area contributed by atoms with Crippen LogP contribution in [0.2, 0.25) is 0 Å². The van der Waals surface area contributed by atoms with Gasteiger partial charge in [-0.2, -0.15) is 0 Å². The fourth-order valence-corrected chi connectivity index (χ4v) is 2.93. The summed E-state index contributed by atoms with van der Waals surface area (Å²) in [6, 6.07) is 8.94. The Labute approximate surface area is 161 Å². The van der Waals surface area contributed by atoms with Gasteiger partial charge in [0.05, 0.1) is 12.8 Å². The zero-order valence-corrected chi connectivity index (χ0v) is 15.5. The lowest BCUT2D eigenvalue weighted by atomic mass is 10.2. The summed E-state index contributed by atoms with van der Waals surface area (Å²) in [6.07, 6.45) is 1.27. The van der Waals surface area contributed by atoms with E-state index in [1.165, 1.54) is 25.3 Å². The van der Waals surface area contributed by atoms with Crippen LogP contribution in [0.3, 0.4) is 0 Å². The molecule has 8 heteroatoms. The molecule has 0 aromatic heterocycles. The lowest BCUT2D eigenvalue weighted by molar-refractivity contribution is -0.133. The maximum atomic E-state index is 13.6. The SMILES string of the molecule is COc1cc(NC(=O)C(=O)Nc2ccc(C)c(F)c2)ccc1N1CCCC1=O. The highest BCUT2D eigenvalue weighted by atomic mass is 19.1. The van der Waals surface area contributed by atoms with E-state index in [0.29, 0.717) is 35.7 Å². The number of ether oxygens (including phenoxy) is 1. The van der Waals surface area contributed by atoms with Crippen LogP contribution in [-0.2, 0) is 14.4 Å². The van der Waals surface area contributed by atoms with Gasteiger partial charge in [0.2, 0.25) is 5.91 Å². The summed E-state index contributed by atoms with van der Waals surface area (Å²) in [5.41, 5.74) is 1.57. The van der Waals surface area contributed by atoms with E-state index in [4.69, 9.17) is 4.74 Å². The summed E-state index contributed by atoms with van der Waals surface area (Å²) in [5.74, 6) is -1.89. The number of methoxy groups -OCH3 is 1. The Hall–Kier alpha value is -3.42. The van der Waals surface area contributed by atoms with Crippen LogP contribution in [0, 0.1) is 12.7 Å². The van der Waals surface area contributed by atoms with E-state index in [1.54, 1.807) is 24.0 Å². The molecule has 1 aliphatic rings. The molecular formula is C20H20FN3O4. The first-order valence-corrected chi connectivity index (χ1v) is 8.76. The van der Waals surface area contributed by atoms with Gasteiger partial charge in [-0.05, 0) is 43.2 Å². The second kappa shape index (κ2) is 8.08. The van der Waals surface area contributed by atoms with Crippen molar-refractivity contribution in [2.75, 3.05) is 29.2 Å². The summed E-state index contributed by atoms with van der Waals surface area (Å²) < 4.78 is 18.9. The van der Waals surface area contributed by atoms with Crippen molar-refractivity contribution in [3.63, 3.8) is 0 Å². The third-order valence-corrected chi connectivity index (χ3v) is 4.44. The van der Waals surface area contributed by atoms with Crippen molar-refractivity contribution in [1.82, 2.24) is 0 Å². The molecule has 1 saturated heterocycles. The van der Waals surface area contributed by atoms with E-state index in [2.05, 4.69) is 10.6 Å². The van der Waals surface area contributed by atoms with Crippen LogP contribution in [0.1, 0.15) is 18.4 Å². The first kappa shape index (κ1) is 19.3. The van der Waals surface area contributed by atoms with Crippen molar-refractivity contribution >= 4 is 34.8 Å². The molecule has 2 aromatic rings. The number of anilines is 3. The second-order valence-corrected chi connectivity index (χ2v) is 6.41. The molecule has 7 nitrogen and oxygen atoms in total. The first-order chi connectivity index (χ1) is 13.4. The average molecular weight is 385 g/mol. The lowest BCUT2D eigenvalue weighted by Gasteiger charge is -2.19. The third kappa shape index (κ3) is 4.11. The zero-order valence-electron chi connectivity index (χ0n) is 15.5. The molecule has 1 heterocycles. The molecule has 146 valence electrons. The van der Waals surface area contributed by atoms with Gasteiger partial charge >= 0.3 is 11.8 Å². The number of aryl methyl sites for hydroxylation is 1. The van der Waals surface area contributed by atoms with Gasteiger partial charge in [-0.15, -0.1) is 0 Å². The van der Waals surface area contributed by atoms with Crippen molar-refractivity contribution in [2.45, 2.75) is 19.8 Å². The van der Waals surface area contributed by atoms with Gasteiger partial charge in [-0.1, -0.05) is 6.07 Å². The summed E-state index contributed by atoms with van der Waals surface area (Å²) in [7, 11) is 1.46. The average Bonchev–Trinajstić information content (AvgIpc) is 3.10. The number of nitrogens with one attached hydrogen (secondary N) is 2. The first-order valence-electron chi connectivity index (χ1n) is 8.76. The summed E-state index contributed by atoms with van der Waals surface area (Å²) in [4.78, 5) is 37.8. The summed E-state index contributed by atoms with van der Waals surface area (Å²) >= 11 is 0. The molecule has 1 aliphatic heterocycles. The highest BCUT2D eigenvalue weighted by Crippen LogP contribution is 2.33. The van der Waals surface area contributed by atoms with Crippen LogP contribution in [0.15, 0.2) is 36.4 Å². The molecule has 0 aliphatic carbocycles. The van der Waals surface area contributed by atoms with E-state index in [1.807, 2.05) is 0 Å². The summed E-state index contributed by atoms with van der Waals surface area (Å²) in [5, 5.41) is 4.81. The molecule has 3 amide bonds. The Morgan fingerprint density at radius 2 is 1.71 bits per heavy atom. The van der Waals surface area contributed by atoms with E-state index in [9.17, 15) is 18.8 Å². The minimum Gasteiger partial charge on any atom is -0.494 e. The van der Waals surface area contributed by atoms with Crippen LogP contribution in [-0.4, -0.2) is 31.4 Å². The topological polar surface area (TPSA) is 87.7 Å².